The lowest BCUT2D eigenvalue weighted by molar-refractivity contribution is -0.384. The van der Waals surface area contributed by atoms with Crippen LogP contribution in [-0.2, 0) is 9.59 Å². The molecule has 1 aromatic carbocycles. The van der Waals surface area contributed by atoms with Gasteiger partial charge in [0.05, 0.1) is 17.7 Å². The molecule has 0 saturated carbocycles. The van der Waals surface area contributed by atoms with Gasteiger partial charge in [0.1, 0.15) is 5.75 Å². The molecule has 0 aliphatic carbocycles. The first-order valence-electron chi connectivity index (χ1n) is 8.04. The van der Waals surface area contributed by atoms with Crippen LogP contribution in [0, 0.1) is 16.0 Å². The highest BCUT2D eigenvalue weighted by Crippen LogP contribution is 2.29. The highest BCUT2D eigenvalue weighted by Gasteiger charge is 2.23. The second-order valence-corrected chi connectivity index (χ2v) is 5.96. The molecule has 0 aromatic heterocycles. The lowest BCUT2D eigenvalue weighted by Gasteiger charge is -2.30. The van der Waals surface area contributed by atoms with Crippen molar-refractivity contribution in [2.45, 2.75) is 19.3 Å². The monoisotopic (exact) mass is 350 g/mol. The minimum absolute atomic E-state index is 0.0841. The molecule has 0 atom stereocenters. The third-order valence-electron chi connectivity index (χ3n) is 4.31. The molecule has 1 aromatic rings. The third kappa shape index (κ3) is 5.15. The van der Waals surface area contributed by atoms with Gasteiger partial charge in [-0.2, -0.15) is 0 Å². The molecule has 1 heterocycles. The molecule has 0 radical (unpaired) electrons. The molecule has 1 aliphatic heterocycles. The minimum atomic E-state index is -0.530. The zero-order valence-corrected chi connectivity index (χ0v) is 14.1. The Hall–Kier alpha value is -2.68. The van der Waals surface area contributed by atoms with Gasteiger partial charge < -0.3 is 20.7 Å². The summed E-state index contributed by atoms with van der Waals surface area (Å²) in [4.78, 5) is 35.7. The number of amides is 2. The fraction of sp³-hybridized carbons (Fsp3) is 0.500. The molecule has 0 spiro atoms. The van der Waals surface area contributed by atoms with E-state index in [1.807, 2.05) is 0 Å². The fourth-order valence-electron chi connectivity index (χ4n) is 2.82. The Labute approximate surface area is 145 Å². The maximum Gasteiger partial charge on any atom is 0.271 e. The van der Waals surface area contributed by atoms with E-state index >= 15 is 0 Å². The van der Waals surface area contributed by atoms with E-state index in [0.29, 0.717) is 25.1 Å². The highest BCUT2D eigenvalue weighted by molar-refractivity contribution is 5.92. The van der Waals surface area contributed by atoms with Crippen molar-refractivity contribution in [1.29, 1.82) is 0 Å². The first-order chi connectivity index (χ1) is 11.9. The van der Waals surface area contributed by atoms with Gasteiger partial charge in [-0.25, -0.2) is 0 Å². The predicted octanol–water partition coefficient (Wildman–Crippen LogP) is 1.13. The zero-order chi connectivity index (χ0) is 18.4. The second kappa shape index (κ2) is 8.43. The van der Waals surface area contributed by atoms with E-state index in [0.717, 1.165) is 13.1 Å². The molecule has 1 aliphatic rings. The number of likely N-dealkylation sites (tertiary alicyclic amines) is 1. The number of carbonyl (C=O) groups is 2. The summed E-state index contributed by atoms with van der Waals surface area (Å²) in [6.07, 6.45) is 1.65. The number of hydrogen-bond acceptors (Lipinski definition) is 6. The number of piperidine rings is 1. The zero-order valence-electron chi connectivity index (χ0n) is 14.1. The molecule has 25 heavy (non-hydrogen) atoms. The van der Waals surface area contributed by atoms with Crippen LogP contribution in [0.4, 0.5) is 11.4 Å². The van der Waals surface area contributed by atoms with E-state index in [2.05, 4.69) is 10.2 Å². The summed E-state index contributed by atoms with van der Waals surface area (Å²) in [5.74, 6) is -0.244. The largest absolute Gasteiger partial charge is 0.495 e. The number of methoxy groups -OCH3 is 1. The number of ether oxygens (including phenoxy) is 1. The molecule has 9 heteroatoms. The number of benzene rings is 1. The number of primary amides is 1. The highest BCUT2D eigenvalue weighted by atomic mass is 16.6. The molecule has 9 nitrogen and oxygen atoms in total. The maximum atomic E-state index is 12.1. The van der Waals surface area contributed by atoms with Crippen molar-refractivity contribution in [2.75, 3.05) is 32.1 Å². The van der Waals surface area contributed by atoms with Crippen molar-refractivity contribution in [1.82, 2.24) is 4.90 Å². The summed E-state index contributed by atoms with van der Waals surface area (Å²) in [6, 6.07) is 4.04. The number of anilines is 1. The lowest BCUT2D eigenvalue weighted by Crippen LogP contribution is -2.39. The summed E-state index contributed by atoms with van der Waals surface area (Å²) in [7, 11) is 1.43. The topological polar surface area (TPSA) is 128 Å². The van der Waals surface area contributed by atoms with E-state index in [1.54, 1.807) is 0 Å². The predicted molar refractivity (Wildman–Crippen MR) is 91.3 cm³/mol. The van der Waals surface area contributed by atoms with Crippen LogP contribution in [0.3, 0.4) is 0 Å². The number of non-ortho nitro benzene ring substituents is 1. The summed E-state index contributed by atoms with van der Waals surface area (Å²) < 4.78 is 5.12. The van der Waals surface area contributed by atoms with Gasteiger partial charge in [0, 0.05) is 31.0 Å². The fourth-order valence-corrected chi connectivity index (χ4v) is 2.82. The Morgan fingerprint density at radius 1 is 1.40 bits per heavy atom. The average Bonchev–Trinajstić information content (AvgIpc) is 2.60. The number of nitrogens with one attached hydrogen (secondary N) is 1. The molecule has 0 unspecified atom stereocenters. The number of nitro groups is 1. The smallest absolute Gasteiger partial charge is 0.271 e. The van der Waals surface area contributed by atoms with Gasteiger partial charge >= 0.3 is 0 Å². The number of nitrogens with zero attached hydrogens (tertiary/aromatic N) is 2. The lowest BCUT2D eigenvalue weighted by atomic mass is 9.96. The Kier molecular flexibility index (Phi) is 6.29. The molecule has 1 saturated heterocycles. The molecular formula is C16H22N4O5. The van der Waals surface area contributed by atoms with Crippen molar-refractivity contribution in [3.05, 3.63) is 28.3 Å². The molecule has 3 N–H and O–H groups in total. The van der Waals surface area contributed by atoms with Crippen LogP contribution in [0.1, 0.15) is 19.3 Å². The molecule has 2 amide bonds. The van der Waals surface area contributed by atoms with Gasteiger partial charge in [0.15, 0.2) is 0 Å². The van der Waals surface area contributed by atoms with E-state index in [1.165, 1.54) is 25.3 Å². The van der Waals surface area contributed by atoms with Crippen LogP contribution >= 0.6 is 0 Å². The number of carbonyl (C=O) groups excluding carboxylic acids is 2. The second-order valence-electron chi connectivity index (χ2n) is 5.96. The Morgan fingerprint density at radius 3 is 2.64 bits per heavy atom. The molecule has 2 rings (SSSR count). The standard InChI is InChI=1S/C16H22N4O5/c1-25-14-3-2-12(20(23)24)10-13(14)18-15(21)6-9-19-7-4-11(5-8-19)16(17)22/h2-3,10-11H,4-9H2,1H3,(H2,17,22)(H,18,21). The normalized spacial score (nSPS) is 15.6. The summed E-state index contributed by atoms with van der Waals surface area (Å²) >= 11 is 0. The van der Waals surface area contributed by atoms with E-state index in [-0.39, 0.29) is 35.5 Å². The number of rotatable bonds is 7. The minimum Gasteiger partial charge on any atom is -0.495 e. The van der Waals surface area contributed by atoms with Gasteiger partial charge in [-0.3, -0.25) is 19.7 Å². The molecule has 1 fully saturated rings. The van der Waals surface area contributed by atoms with Crippen LogP contribution in [-0.4, -0.2) is 48.4 Å². The summed E-state index contributed by atoms with van der Waals surface area (Å²) in [6.45, 7) is 2.00. The quantitative estimate of drug-likeness (QED) is 0.560. The van der Waals surface area contributed by atoms with Crippen LogP contribution in [0.2, 0.25) is 0 Å². The Balaban J connectivity index is 1.87. The first kappa shape index (κ1) is 18.7. The van der Waals surface area contributed by atoms with Crippen LogP contribution in [0.25, 0.3) is 0 Å². The van der Waals surface area contributed by atoms with E-state index < -0.39 is 4.92 Å². The molecular weight excluding hydrogens is 328 g/mol. The Morgan fingerprint density at radius 2 is 2.08 bits per heavy atom. The van der Waals surface area contributed by atoms with Crippen molar-refractivity contribution >= 4 is 23.2 Å². The van der Waals surface area contributed by atoms with Gasteiger partial charge in [-0.1, -0.05) is 0 Å². The number of nitro benzene ring substituents is 1. The number of hydrogen-bond donors (Lipinski definition) is 2. The van der Waals surface area contributed by atoms with Gasteiger partial charge in [-0.05, 0) is 32.0 Å². The van der Waals surface area contributed by atoms with Gasteiger partial charge in [-0.15, -0.1) is 0 Å². The van der Waals surface area contributed by atoms with Crippen molar-refractivity contribution < 1.29 is 19.2 Å². The van der Waals surface area contributed by atoms with E-state index in [4.69, 9.17) is 10.5 Å². The van der Waals surface area contributed by atoms with E-state index in [9.17, 15) is 19.7 Å². The van der Waals surface area contributed by atoms with Crippen molar-refractivity contribution in [2.24, 2.45) is 11.7 Å². The van der Waals surface area contributed by atoms with Crippen LogP contribution in [0.15, 0.2) is 18.2 Å². The maximum absolute atomic E-state index is 12.1. The average molecular weight is 350 g/mol. The van der Waals surface area contributed by atoms with Crippen LogP contribution in [0.5, 0.6) is 5.75 Å². The summed E-state index contributed by atoms with van der Waals surface area (Å²) in [5, 5.41) is 13.5. The third-order valence-corrected chi connectivity index (χ3v) is 4.31. The van der Waals surface area contributed by atoms with Crippen molar-refractivity contribution in [3.8, 4) is 5.75 Å². The molecule has 136 valence electrons. The number of nitrogens with two attached hydrogens (primary N) is 1. The SMILES string of the molecule is COc1ccc([N+](=O)[O-])cc1NC(=O)CCN1CCC(C(N)=O)CC1. The van der Waals surface area contributed by atoms with Gasteiger partial charge in [0.2, 0.25) is 11.8 Å². The molecule has 0 bridgehead atoms. The summed E-state index contributed by atoms with van der Waals surface area (Å²) in [5.41, 5.74) is 5.45. The van der Waals surface area contributed by atoms with Crippen molar-refractivity contribution in [3.63, 3.8) is 0 Å². The van der Waals surface area contributed by atoms with Gasteiger partial charge in [0.25, 0.3) is 5.69 Å². The van der Waals surface area contributed by atoms with Crippen LogP contribution < -0.4 is 15.8 Å². The first-order valence-corrected chi connectivity index (χ1v) is 8.04. The Bertz CT molecular complexity index is 656.